The Balaban J connectivity index is 1.52. The molecule has 0 bridgehead atoms. The number of carbonyl (C=O) groups is 1. The standard InChI is InChI=1S/C24H24F3N3O4S/c1-14-10-29-23(35-14)18-7-17(8-19(9-18)34-13-20-12-32-5-6-33-20)22(31)30-15(2)16-3-4-21(28-11-16)24(25,26)27/h3-4,7-11,15,20H,5-6,12-13H2,1-2H3,(H,30,31)/t15?,20-/m1/s1. The molecule has 0 aliphatic carbocycles. The van der Waals surface area contributed by atoms with Gasteiger partial charge in [0.2, 0.25) is 0 Å². The zero-order valence-corrected chi connectivity index (χ0v) is 19.9. The highest BCUT2D eigenvalue weighted by atomic mass is 32.1. The van der Waals surface area contributed by atoms with Crippen molar-refractivity contribution in [3.8, 4) is 16.3 Å². The first-order chi connectivity index (χ1) is 16.7. The Hall–Kier alpha value is -3.02. The second-order valence-electron chi connectivity index (χ2n) is 8.07. The monoisotopic (exact) mass is 507 g/mol. The Labute approximate surface area is 204 Å². The zero-order chi connectivity index (χ0) is 25.0. The van der Waals surface area contributed by atoms with E-state index in [0.29, 0.717) is 36.7 Å². The number of aryl methyl sites for hydroxylation is 1. The van der Waals surface area contributed by atoms with Crippen LogP contribution in [0.3, 0.4) is 0 Å². The molecule has 3 aromatic rings. The molecule has 1 aromatic carbocycles. The van der Waals surface area contributed by atoms with Crippen LogP contribution in [0.4, 0.5) is 13.2 Å². The smallest absolute Gasteiger partial charge is 0.433 e. The van der Waals surface area contributed by atoms with Crippen molar-refractivity contribution in [3.05, 3.63) is 64.4 Å². The van der Waals surface area contributed by atoms with Gasteiger partial charge in [0.1, 0.15) is 29.2 Å². The molecule has 1 amide bonds. The second kappa shape index (κ2) is 10.7. The van der Waals surface area contributed by atoms with E-state index in [2.05, 4.69) is 15.3 Å². The van der Waals surface area contributed by atoms with Gasteiger partial charge in [-0.2, -0.15) is 13.2 Å². The number of aromatic nitrogens is 2. The van der Waals surface area contributed by atoms with Crippen LogP contribution in [0.15, 0.2) is 42.7 Å². The number of hydrogen-bond acceptors (Lipinski definition) is 7. The third-order valence-electron chi connectivity index (χ3n) is 5.28. The molecule has 0 saturated carbocycles. The number of alkyl halides is 3. The van der Waals surface area contributed by atoms with Crippen LogP contribution < -0.4 is 10.1 Å². The van der Waals surface area contributed by atoms with E-state index in [1.54, 1.807) is 25.3 Å². The van der Waals surface area contributed by atoms with Gasteiger partial charge >= 0.3 is 6.18 Å². The van der Waals surface area contributed by atoms with E-state index >= 15 is 0 Å². The summed E-state index contributed by atoms with van der Waals surface area (Å²) >= 11 is 1.49. The maximum Gasteiger partial charge on any atom is 0.433 e. The molecule has 1 unspecified atom stereocenters. The zero-order valence-electron chi connectivity index (χ0n) is 19.1. The minimum absolute atomic E-state index is 0.209. The van der Waals surface area contributed by atoms with Gasteiger partial charge in [-0.25, -0.2) is 4.98 Å². The van der Waals surface area contributed by atoms with E-state index in [1.807, 2.05) is 13.0 Å². The van der Waals surface area contributed by atoms with Gasteiger partial charge in [-0.3, -0.25) is 9.78 Å². The largest absolute Gasteiger partial charge is 0.491 e. The number of nitrogens with one attached hydrogen (secondary N) is 1. The van der Waals surface area contributed by atoms with Crippen LogP contribution in [0.25, 0.3) is 10.6 Å². The third kappa shape index (κ3) is 6.56. The first-order valence-electron chi connectivity index (χ1n) is 10.9. The molecule has 2 atom stereocenters. The van der Waals surface area contributed by atoms with Crippen molar-refractivity contribution in [1.29, 1.82) is 0 Å². The SMILES string of the molecule is Cc1cnc(-c2cc(OC[C@H]3COCCO3)cc(C(=O)NC(C)c3ccc(C(F)(F)F)nc3)c2)s1. The van der Waals surface area contributed by atoms with Gasteiger partial charge < -0.3 is 19.5 Å². The Morgan fingerprint density at radius 3 is 2.69 bits per heavy atom. The molecular weight excluding hydrogens is 483 g/mol. The van der Waals surface area contributed by atoms with Crippen molar-refractivity contribution in [2.45, 2.75) is 32.2 Å². The number of rotatable bonds is 7. The molecule has 3 heterocycles. The molecule has 11 heteroatoms. The van der Waals surface area contributed by atoms with Gasteiger partial charge in [0.25, 0.3) is 5.91 Å². The topological polar surface area (TPSA) is 82.6 Å². The molecular formula is C24H24F3N3O4S. The van der Waals surface area contributed by atoms with Gasteiger partial charge in [0.05, 0.1) is 25.9 Å². The lowest BCUT2D eigenvalue weighted by Gasteiger charge is -2.23. The summed E-state index contributed by atoms with van der Waals surface area (Å²) in [7, 11) is 0. The van der Waals surface area contributed by atoms with Crippen molar-refractivity contribution in [3.63, 3.8) is 0 Å². The van der Waals surface area contributed by atoms with E-state index < -0.39 is 23.8 Å². The molecule has 1 aliphatic rings. The molecule has 35 heavy (non-hydrogen) atoms. The lowest BCUT2D eigenvalue weighted by molar-refractivity contribution is -0.141. The average molecular weight is 508 g/mol. The summed E-state index contributed by atoms with van der Waals surface area (Å²) in [5.41, 5.74) is 0.512. The molecule has 1 fully saturated rings. The Morgan fingerprint density at radius 1 is 1.23 bits per heavy atom. The number of ether oxygens (including phenoxy) is 3. The molecule has 7 nitrogen and oxygen atoms in total. The molecule has 1 N–H and O–H groups in total. The van der Waals surface area contributed by atoms with Crippen molar-refractivity contribution >= 4 is 17.2 Å². The lowest BCUT2D eigenvalue weighted by Crippen LogP contribution is -2.33. The number of halogens is 3. The molecule has 186 valence electrons. The van der Waals surface area contributed by atoms with Gasteiger partial charge in [0.15, 0.2) is 0 Å². The van der Waals surface area contributed by atoms with Crippen LogP contribution in [0, 0.1) is 6.92 Å². The number of pyridine rings is 1. The van der Waals surface area contributed by atoms with Crippen LogP contribution in [0.2, 0.25) is 0 Å². The lowest BCUT2D eigenvalue weighted by atomic mass is 10.1. The van der Waals surface area contributed by atoms with Crippen molar-refractivity contribution in [2.24, 2.45) is 0 Å². The molecule has 0 radical (unpaired) electrons. The highest BCUT2D eigenvalue weighted by Crippen LogP contribution is 2.31. The van der Waals surface area contributed by atoms with Gasteiger partial charge in [-0.1, -0.05) is 6.07 Å². The third-order valence-corrected chi connectivity index (χ3v) is 6.24. The first-order valence-corrected chi connectivity index (χ1v) is 11.7. The Kier molecular flexibility index (Phi) is 7.68. The highest BCUT2D eigenvalue weighted by Gasteiger charge is 2.32. The van der Waals surface area contributed by atoms with Crippen molar-refractivity contribution in [2.75, 3.05) is 26.4 Å². The maximum atomic E-state index is 13.1. The van der Waals surface area contributed by atoms with E-state index in [9.17, 15) is 18.0 Å². The minimum Gasteiger partial charge on any atom is -0.491 e. The molecule has 1 saturated heterocycles. The number of carbonyl (C=O) groups excluding carboxylic acids is 1. The van der Waals surface area contributed by atoms with Crippen LogP contribution >= 0.6 is 11.3 Å². The summed E-state index contributed by atoms with van der Waals surface area (Å²) in [5, 5.41) is 3.55. The summed E-state index contributed by atoms with van der Waals surface area (Å²) in [6.45, 7) is 5.35. The van der Waals surface area contributed by atoms with Crippen LogP contribution in [-0.2, 0) is 15.7 Å². The van der Waals surface area contributed by atoms with Gasteiger partial charge in [-0.05, 0) is 43.7 Å². The van der Waals surface area contributed by atoms with Crippen molar-refractivity contribution < 1.29 is 32.2 Å². The van der Waals surface area contributed by atoms with Crippen LogP contribution in [-0.4, -0.2) is 48.4 Å². The van der Waals surface area contributed by atoms with E-state index in [0.717, 1.165) is 27.7 Å². The van der Waals surface area contributed by atoms with E-state index in [4.69, 9.17) is 14.2 Å². The Morgan fingerprint density at radius 2 is 2.06 bits per heavy atom. The van der Waals surface area contributed by atoms with E-state index in [-0.39, 0.29) is 12.7 Å². The minimum atomic E-state index is -4.52. The second-order valence-corrected chi connectivity index (χ2v) is 9.31. The summed E-state index contributed by atoms with van der Waals surface area (Å²) in [5.74, 6) is 0.0631. The first kappa shape index (κ1) is 25.1. The summed E-state index contributed by atoms with van der Waals surface area (Å²) in [6.07, 6.45) is -1.87. The van der Waals surface area contributed by atoms with Gasteiger partial charge in [-0.15, -0.1) is 11.3 Å². The van der Waals surface area contributed by atoms with Gasteiger partial charge in [0, 0.05) is 28.4 Å². The molecule has 4 rings (SSSR count). The Bertz CT molecular complexity index is 1160. The number of amides is 1. The fourth-order valence-corrected chi connectivity index (χ4v) is 4.19. The summed E-state index contributed by atoms with van der Waals surface area (Å²) in [4.78, 5) is 22.0. The number of nitrogens with zero attached hydrogens (tertiary/aromatic N) is 2. The van der Waals surface area contributed by atoms with E-state index in [1.165, 1.54) is 17.4 Å². The highest BCUT2D eigenvalue weighted by molar-refractivity contribution is 7.14. The number of thiazole rings is 1. The predicted octanol–water partition coefficient (Wildman–Crippen LogP) is 4.82. The molecule has 1 aliphatic heterocycles. The van der Waals surface area contributed by atoms with Crippen molar-refractivity contribution in [1.82, 2.24) is 15.3 Å². The molecule has 2 aromatic heterocycles. The normalized spacial score (nSPS) is 17.1. The quantitative estimate of drug-likeness (QED) is 0.494. The van der Waals surface area contributed by atoms with Crippen LogP contribution in [0.5, 0.6) is 5.75 Å². The fraction of sp³-hybridized carbons (Fsp3) is 0.375. The summed E-state index contributed by atoms with van der Waals surface area (Å²) in [6, 6.07) is 6.75. The fourth-order valence-electron chi connectivity index (χ4n) is 3.44. The number of benzene rings is 1. The summed E-state index contributed by atoms with van der Waals surface area (Å²) < 4.78 is 55.3. The van der Waals surface area contributed by atoms with Crippen LogP contribution in [0.1, 0.15) is 39.5 Å². The predicted molar refractivity (Wildman–Crippen MR) is 123 cm³/mol. The maximum absolute atomic E-state index is 13.1. The average Bonchev–Trinajstić information content (AvgIpc) is 3.29. The molecule has 0 spiro atoms. The number of hydrogen-bond donors (Lipinski definition) is 1.